The molecule has 0 atom stereocenters. The number of nitrogens with zero attached hydrogens (tertiary/aromatic N) is 1. The molecule has 0 unspecified atom stereocenters. The molecule has 0 aliphatic heterocycles. The predicted octanol–water partition coefficient (Wildman–Crippen LogP) is 1.67. The number of carboxylic acids is 1. The Morgan fingerprint density at radius 1 is 1.56 bits per heavy atom. The maximum Gasteiger partial charge on any atom is 0.574 e. The third-order valence-electron chi connectivity index (χ3n) is 1.84. The van der Waals surface area contributed by atoms with Crippen LogP contribution in [0.25, 0.3) is 0 Å². The maximum absolute atomic E-state index is 12.2. The number of rotatable bonds is 4. The Kier molecular flexibility index (Phi) is 4.73. The molecule has 3 N–H and O–H groups in total. The van der Waals surface area contributed by atoms with Gasteiger partial charge in [0.2, 0.25) is 5.88 Å². The van der Waals surface area contributed by atoms with Crippen molar-refractivity contribution in [1.29, 1.82) is 0 Å². The van der Waals surface area contributed by atoms with Gasteiger partial charge in [-0.05, 0) is 28.7 Å². The summed E-state index contributed by atoms with van der Waals surface area (Å²) in [6, 6.07) is 1.27. The van der Waals surface area contributed by atoms with E-state index in [0.29, 0.717) is 3.57 Å². The summed E-state index contributed by atoms with van der Waals surface area (Å²) in [4.78, 5) is 14.2. The fraction of sp³-hybridized carbons (Fsp3) is 0.333. The molecule has 1 aromatic rings. The lowest BCUT2D eigenvalue weighted by atomic mass is 10.2. The molecule has 0 aromatic carbocycles. The second-order valence-electron chi connectivity index (χ2n) is 3.20. The van der Waals surface area contributed by atoms with Gasteiger partial charge in [0, 0.05) is 15.7 Å². The van der Waals surface area contributed by atoms with Crippen LogP contribution >= 0.6 is 22.6 Å². The summed E-state index contributed by atoms with van der Waals surface area (Å²) >= 11 is 1.81. The van der Waals surface area contributed by atoms with E-state index >= 15 is 0 Å². The van der Waals surface area contributed by atoms with Crippen LogP contribution in [0.4, 0.5) is 13.2 Å². The van der Waals surface area contributed by atoms with Crippen molar-refractivity contribution < 1.29 is 27.8 Å². The maximum atomic E-state index is 12.2. The van der Waals surface area contributed by atoms with E-state index in [2.05, 4.69) is 9.72 Å². The number of aliphatic carboxylic acids is 1. The lowest BCUT2D eigenvalue weighted by Gasteiger charge is -2.13. The van der Waals surface area contributed by atoms with Gasteiger partial charge in [-0.25, -0.2) is 4.98 Å². The standard InChI is InChI=1S/C9H8F3IN2O3/c10-9(11,12)18-8-4(2-7(16)17)1-5(13)6(3-14)15-8/h1H,2-3,14H2,(H,16,17). The van der Waals surface area contributed by atoms with E-state index in [9.17, 15) is 18.0 Å². The van der Waals surface area contributed by atoms with Gasteiger partial charge in [-0.2, -0.15) is 0 Å². The minimum Gasteiger partial charge on any atom is -0.481 e. The first-order chi connectivity index (χ1) is 8.23. The zero-order valence-corrected chi connectivity index (χ0v) is 10.9. The number of carboxylic acid groups (broad SMARTS) is 1. The first-order valence-corrected chi connectivity index (χ1v) is 5.66. The Morgan fingerprint density at radius 2 is 2.17 bits per heavy atom. The number of ether oxygens (including phenoxy) is 1. The van der Waals surface area contributed by atoms with Crippen LogP contribution in [0.1, 0.15) is 11.3 Å². The number of nitrogens with two attached hydrogens (primary N) is 1. The Hall–Kier alpha value is -1.10. The number of pyridine rings is 1. The van der Waals surface area contributed by atoms with Crippen molar-refractivity contribution in [3.05, 3.63) is 20.9 Å². The van der Waals surface area contributed by atoms with E-state index < -0.39 is 24.6 Å². The minimum atomic E-state index is -4.93. The highest BCUT2D eigenvalue weighted by molar-refractivity contribution is 14.1. The molecule has 9 heteroatoms. The lowest BCUT2D eigenvalue weighted by molar-refractivity contribution is -0.276. The monoisotopic (exact) mass is 376 g/mol. The van der Waals surface area contributed by atoms with Gasteiger partial charge in [-0.1, -0.05) is 0 Å². The molecule has 5 nitrogen and oxygen atoms in total. The van der Waals surface area contributed by atoms with Crippen LogP contribution in [0.2, 0.25) is 0 Å². The Labute approximate surface area is 113 Å². The summed E-state index contributed by atoms with van der Waals surface area (Å²) in [5.74, 6) is -2.05. The Balaban J connectivity index is 3.21. The number of carbonyl (C=O) groups is 1. The summed E-state index contributed by atoms with van der Waals surface area (Å²) < 4.78 is 40.6. The van der Waals surface area contributed by atoms with Crippen molar-refractivity contribution in [2.45, 2.75) is 19.3 Å². The Bertz CT molecular complexity index is 465. The molecule has 0 aliphatic carbocycles. The van der Waals surface area contributed by atoms with Gasteiger partial charge in [0.05, 0.1) is 12.1 Å². The van der Waals surface area contributed by atoms with Gasteiger partial charge >= 0.3 is 12.3 Å². The number of hydrogen-bond acceptors (Lipinski definition) is 4. The summed E-state index contributed by atoms with van der Waals surface area (Å²) in [6.07, 6.45) is -5.54. The topological polar surface area (TPSA) is 85.4 Å². The van der Waals surface area contributed by atoms with Crippen LogP contribution in [0, 0.1) is 3.57 Å². The molecule has 1 aromatic heterocycles. The highest BCUT2D eigenvalue weighted by Gasteiger charge is 2.33. The number of hydrogen-bond donors (Lipinski definition) is 2. The average Bonchev–Trinajstić information content (AvgIpc) is 2.19. The molecule has 0 saturated carbocycles. The average molecular weight is 376 g/mol. The third kappa shape index (κ3) is 4.29. The molecule has 100 valence electrons. The van der Waals surface area contributed by atoms with Crippen LogP contribution in [0.15, 0.2) is 6.07 Å². The smallest absolute Gasteiger partial charge is 0.481 e. The summed E-state index contributed by atoms with van der Waals surface area (Å²) in [6.45, 7) is -0.0696. The van der Waals surface area contributed by atoms with E-state index in [-0.39, 0.29) is 17.8 Å². The van der Waals surface area contributed by atoms with Crippen molar-refractivity contribution in [2.24, 2.45) is 5.73 Å². The second-order valence-corrected chi connectivity index (χ2v) is 4.37. The molecule has 0 spiro atoms. The van der Waals surface area contributed by atoms with E-state index in [1.807, 2.05) is 22.6 Å². The van der Waals surface area contributed by atoms with Gasteiger partial charge in [0.1, 0.15) is 0 Å². The second kappa shape index (κ2) is 5.69. The highest BCUT2D eigenvalue weighted by atomic mass is 127. The van der Waals surface area contributed by atoms with Crippen molar-refractivity contribution in [3.8, 4) is 5.88 Å². The zero-order chi connectivity index (χ0) is 13.9. The molecule has 0 radical (unpaired) electrons. The first-order valence-electron chi connectivity index (χ1n) is 4.59. The normalized spacial score (nSPS) is 11.4. The van der Waals surface area contributed by atoms with Crippen molar-refractivity contribution in [3.63, 3.8) is 0 Å². The molecule has 1 heterocycles. The fourth-order valence-electron chi connectivity index (χ4n) is 1.18. The summed E-state index contributed by atoms with van der Waals surface area (Å²) in [5, 5.41) is 8.62. The number of halogens is 4. The molecule has 18 heavy (non-hydrogen) atoms. The Morgan fingerprint density at radius 3 is 2.61 bits per heavy atom. The van der Waals surface area contributed by atoms with Crippen molar-refractivity contribution >= 4 is 28.6 Å². The van der Waals surface area contributed by atoms with E-state index in [1.165, 1.54) is 6.07 Å². The first kappa shape index (κ1) is 15.0. The molecule has 0 bridgehead atoms. The molecular formula is C9H8F3IN2O3. The van der Waals surface area contributed by atoms with E-state index in [0.717, 1.165) is 0 Å². The van der Waals surface area contributed by atoms with Crippen LogP contribution in [0.5, 0.6) is 5.88 Å². The van der Waals surface area contributed by atoms with E-state index in [1.54, 1.807) is 0 Å². The van der Waals surface area contributed by atoms with Gasteiger partial charge in [0.15, 0.2) is 0 Å². The van der Waals surface area contributed by atoms with Crippen molar-refractivity contribution in [2.75, 3.05) is 0 Å². The lowest BCUT2D eigenvalue weighted by Crippen LogP contribution is -2.21. The molecule has 0 aliphatic rings. The SMILES string of the molecule is NCc1nc(OC(F)(F)F)c(CC(=O)O)cc1I. The number of alkyl halides is 3. The molecular weight excluding hydrogens is 368 g/mol. The largest absolute Gasteiger partial charge is 0.574 e. The summed E-state index contributed by atoms with van der Waals surface area (Å²) in [7, 11) is 0. The van der Waals surface area contributed by atoms with E-state index in [4.69, 9.17) is 10.8 Å². The van der Waals surface area contributed by atoms with Gasteiger partial charge in [0.25, 0.3) is 0 Å². The third-order valence-corrected chi connectivity index (χ3v) is 2.77. The molecule has 0 amide bonds. The molecule has 0 fully saturated rings. The van der Waals surface area contributed by atoms with Crippen LogP contribution in [-0.2, 0) is 17.8 Å². The predicted molar refractivity (Wildman–Crippen MR) is 62.9 cm³/mol. The molecule has 1 rings (SSSR count). The zero-order valence-electron chi connectivity index (χ0n) is 8.79. The van der Waals surface area contributed by atoms with Crippen LogP contribution < -0.4 is 10.5 Å². The van der Waals surface area contributed by atoms with Gasteiger partial charge in [-0.3, -0.25) is 4.79 Å². The van der Waals surface area contributed by atoms with Gasteiger partial charge < -0.3 is 15.6 Å². The van der Waals surface area contributed by atoms with Gasteiger partial charge in [-0.15, -0.1) is 13.2 Å². The number of aromatic nitrogens is 1. The summed E-state index contributed by atoms with van der Waals surface area (Å²) in [5.41, 5.74) is 5.37. The minimum absolute atomic E-state index is 0.0696. The highest BCUT2D eigenvalue weighted by Crippen LogP contribution is 2.27. The fourth-order valence-corrected chi connectivity index (χ4v) is 1.89. The van der Waals surface area contributed by atoms with Crippen molar-refractivity contribution in [1.82, 2.24) is 4.98 Å². The van der Waals surface area contributed by atoms with Crippen LogP contribution in [0.3, 0.4) is 0 Å². The van der Waals surface area contributed by atoms with Crippen LogP contribution in [-0.4, -0.2) is 22.4 Å². The quantitative estimate of drug-likeness (QED) is 0.782. The molecule has 0 saturated heterocycles.